The minimum atomic E-state index is 0.0157. The number of carbonyl (C=O) groups excluding carboxylic acids is 1. The van der Waals surface area contributed by atoms with Crippen LogP contribution >= 0.6 is 0 Å². The van der Waals surface area contributed by atoms with Crippen molar-refractivity contribution in [2.24, 2.45) is 0 Å². The van der Waals surface area contributed by atoms with Crippen molar-refractivity contribution in [2.75, 3.05) is 33.2 Å². The fourth-order valence-corrected chi connectivity index (χ4v) is 2.05. The summed E-state index contributed by atoms with van der Waals surface area (Å²) < 4.78 is 0. The van der Waals surface area contributed by atoms with E-state index in [1.807, 2.05) is 0 Å². The standard InChI is InChI=1S/C12H21N3O/c1-5-6-13-12(16)9-15-7-10(2)14(4)11(3)8-15/h1,10-11H,6-9H2,2-4H3,(H,13,16). The molecule has 0 aromatic heterocycles. The van der Waals surface area contributed by atoms with Gasteiger partial charge in [0.2, 0.25) is 5.91 Å². The number of carbonyl (C=O) groups is 1. The largest absolute Gasteiger partial charge is 0.344 e. The van der Waals surface area contributed by atoms with Crippen LogP contribution in [0.25, 0.3) is 0 Å². The van der Waals surface area contributed by atoms with E-state index in [2.05, 4.69) is 41.9 Å². The molecular formula is C12H21N3O. The van der Waals surface area contributed by atoms with Crippen molar-refractivity contribution in [1.29, 1.82) is 0 Å². The molecule has 0 aromatic carbocycles. The molecule has 1 fully saturated rings. The summed E-state index contributed by atoms with van der Waals surface area (Å²) in [5.41, 5.74) is 0. The van der Waals surface area contributed by atoms with Gasteiger partial charge in [0.05, 0.1) is 13.1 Å². The summed E-state index contributed by atoms with van der Waals surface area (Å²) in [7, 11) is 2.13. The number of piperazine rings is 1. The second kappa shape index (κ2) is 5.88. The third-order valence-corrected chi connectivity index (χ3v) is 3.19. The van der Waals surface area contributed by atoms with Crippen LogP contribution in [-0.4, -0.2) is 61.0 Å². The highest BCUT2D eigenvalue weighted by Crippen LogP contribution is 2.12. The van der Waals surface area contributed by atoms with Crippen LogP contribution < -0.4 is 5.32 Å². The predicted molar refractivity (Wildman–Crippen MR) is 65.0 cm³/mol. The maximum Gasteiger partial charge on any atom is 0.234 e. The lowest BCUT2D eigenvalue weighted by atomic mass is 10.1. The van der Waals surface area contributed by atoms with E-state index in [-0.39, 0.29) is 5.91 Å². The highest BCUT2D eigenvalue weighted by atomic mass is 16.2. The van der Waals surface area contributed by atoms with E-state index in [1.165, 1.54) is 0 Å². The number of hydrogen-bond acceptors (Lipinski definition) is 3. The lowest BCUT2D eigenvalue weighted by molar-refractivity contribution is -0.122. The molecule has 1 aliphatic rings. The first-order valence-electron chi connectivity index (χ1n) is 5.69. The SMILES string of the molecule is C#CCNC(=O)CN1CC(C)N(C)C(C)C1. The molecule has 1 N–H and O–H groups in total. The molecule has 1 aliphatic heterocycles. The molecule has 4 heteroatoms. The number of nitrogens with one attached hydrogen (secondary N) is 1. The zero-order valence-corrected chi connectivity index (χ0v) is 10.4. The smallest absolute Gasteiger partial charge is 0.234 e. The Morgan fingerprint density at radius 1 is 1.44 bits per heavy atom. The van der Waals surface area contributed by atoms with Gasteiger partial charge in [-0.2, -0.15) is 0 Å². The Hall–Kier alpha value is -1.05. The fourth-order valence-electron chi connectivity index (χ4n) is 2.05. The van der Waals surface area contributed by atoms with Crippen LogP contribution in [-0.2, 0) is 4.79 Å². The molecule has 0 aromatic rings. The second-order valence-electron chi connectivity index (χ2n) is 4.54. The molecule has 4 nitrogen and oxygen atoms in total. The van der Waals surface area contributed by atoms with Gasteiger partial charge in [-0.1, -0.05) is 5.92 Å². The van der Waals surface area contributed by atoms with Crippen LogP contribution in [0.15, 0.2) is 0 Å². The number of rotatable bonds is 3. The monoisotopic (exact) mass is 223 g/mol. The molecular weight excluding hydrogens is 202 g/mol. The second-order valence-corrected chi connectivity index (χ2v) is 4.54. The molecule has 1 amide bonds. The zero-order valence-electron chi connectivity index (χ0n) is 10.4. The summed E-state index contributed by atoms with van der Waals surface area (Å²) in [6, 6.07) is 0.980. The van der Waals surface area contributed by atoms with Gasteiger partial charge in [0, 0.05) is 25.2 Å². The molecule has 0 bridgehead atoms. The highest BCUT2D eigenvalue weighted by Gasteiger charge is 2.27. The van der Waals surface area contributed by atoms with Crippen molar-refractivity contribution < 1.29 is 4.79 Å². The molecule has 1 rings (SSSR count). The van der Waals surface area contributed by atoms with Crippen molar-refractivity contribution in [1.82, 2.24) is 15.1 Å². The van der Waals surface area contributed by atoms with E-state index in [9.17, 15) is 4.79 Å². The first-order chi connectivity index (χ1) is 7.54. The van der Waals surface area contributed by atoms with E-state index in [4.69, 9.17) is 6.42 Å². The van der Waals surface area contributed by atoms with Crippen LogP contribution in [0.3, 0.4) is 0 Å². The third kappa shape index (κ3) is 3.51. The zero-order chi connectivity index (χ0) is 12.1. The molecule has 90 valence electrons. The third-order valence-electron chi connectivity index (χ3n) is 3.19. The molecule has 1 heterocycles. The Morgan fingerprint density at radius 3 is 2.50 bits per heavy atom. The molecule has 0 saturated carbocycles. The Balaban J connectivity index is 2.39. The van der Waals surface area contributed by atoms with Crippen molar-refractivity contribution >= 4 is 5.91 Å². The lowest BCUT2D eigenvalue weighted by Gasteiger charge is -2.42. The Labute approximate surface area is 98.0 Å². The van der Waals surface area contributed by atoms with Gasteiger partial charge in [0.1, 0.15) is 0 Å². The van der Waals surface area contributed by atoms with E-state index >= 15 is 0 Å². The van der Waals surface area contributed by atoms with E-state index in [0.717, 1.165) is 13.1 Å². The molecule has 16 heavy (non-hydrogen) atoms. The van der Waals surface area contributed by atoms with Crippen LogP contribution in [0.2, 0.25) is 0 Å². The summed E-state index contributed by atoms with van der Waals surface area (Å²) in [5.74, 6) is 2.42. The quantitative estimate of drug-likeness (QED) is 0.671. The van der Waals surface area contributed by atoms with Gasteiger partial charge in [0.15, 0.2) is 0 Å². The van der Waals surface area contributed by atoms with Crippen molar-refractivity contribution in [3.8, 4) is 12.3 Å². The van der Waals surface area contributed by atoms with E-state index in [1.54, 1.807) is 0 Å². The predicted octanol–water partition coefficient (Wildman–Crippen LogP) is -0.240. The number of nitrogens with zero attached hydrogens (tertiary/aromatic N) is 2. The van der Waals surface area contributed by atoms with Gasteiger partial charge in [-0.3, -0.25) is 14.6 Å². The maximum atomic E-state index is 11.5. The van der Waals surface area contributed by atoms with Gasteiger partial charge in [0.25, 0.3) is 0 Å². The summed E-state index contributed by atoms with van der Waals surface area (Å²) in [5, 5.41) is 2.69. The number of likely N-dealkylation sites (N-methyl/N-ethyl adjacent to an activating group) is 1. The summed E-state index contributed by atoms with van der Waals surface area (Å²) in [6.07, 6.45) is 5.09. The molecule has 2 unspecified atom stereocenters. The van der Waals surface area contributed by atoms with Gasteiger partial charge in [-0.15, -0.1) is 6.42 Å². The van der Waals surface area contributed by atoms with Crippen LogP contribution in [0, 0.1) is 12.3 Å². The Morgan fingerprint density at radius 2 is 2.00 bits per heavy atom. The average molecular weight is 223 g/mol. The minimum Gasteiger partial charge on any atom is -0.344 e. The molecule has 0 radical (unpaired) electrons. The fraction of sp³-hybridized carbons (Fsp3) is 0.750. The van der Waals surface area contributed by atoms with E-state index < -0.39 is 0 Å². The van der Waals surface area contributed by atoms with Crippen LogP contribution in [0.1, 0.15) is 13.8 Å². The van der Waals surface area contributed by atoms with Gasteiger partial charge < -0.3 is 5.32 Å². The summed E-state index contributed by atoms with van der Waals surface area (Å²) in [6.45, 7) is 7.00. The van der Waals surface area contributed by atoms with E-state index in [0.29, 0.717) is 25.2 Å². The number of hydrogen-bond donors (Lipinski definition) is 1. The molecule has 1 saturated heterocycles. The minimum absolute atomic E-state index is 0.0157. The van der Waals surface area contributed by atoms with Crippen molar-refractivity contribution in [3.05, 3.63) is 0 Å². The Bertz CT molecular complexity index is 272. The molecule has 0 aliphatic carbocycles. The van der Waals surface area contributed by atoms with Crippen molar-refractivity contribution in [2.45, 2.75) is 25.9 Å². The first kappa shape index (κ1) is 13.0. The normalized spacial score (nSPS) is 27.4. The van der Waals surface area contributed by atoms with Crippen LogP contribution in [0.4, 0.5) is 0 Å². The number of terminal acetylenes is 1. The van der Waals surface area contributed by atoms with Gasteiger partial charge in [-0.05, 0) is 20.9 Å². The first-order valence-corrected chi connectivity index (χ1v) is 5.69. The lowest BCUT2D eigenvalue weighted by Crippen LogP contribution is -2.56. The molecule has 0 spiro atoms. The van der Waals surface area contributed by atoms with Gasteiger partial charge >= 0.3 is 0 Å². The number of amides is 1. The topological polar surface area (TPSA) is 35.6 Å². The molecule has 2 atom stereocenters. The van der Waals surface area contributed by atoms with Crippen LogP contribution in [0.5, 0.6) is 0 Å². The maximum absolute atomic E-state index is 11.5. The Kier molecular flexibility index (Phi) is 4.78. The summed E-state index contributed by atoms with van der Waals surface area (Å²) in [4.78, 5) is 16.0. The van der Waals surface area contributed by atoms with Gasteiger partial charge in [-0.25, -0.2) is 0 Å². The average Bonchev–Trinajstić information content (AvgIpc) is 2.23. The highest BCUT2D eigenvalue weighted by molar-refractivity contribution is 5.78. The summed E-state index contributed by atoms with van der Waals surface area (Å²) >= 11 is 0. The van der Waals surface area contributed by atoms with Crippen molar-refractivity contribution in [3.63, 3.8) is 0 Å².